The molecule has 0 radical (unpaired) electrons. The SMILES string of the molecule is CCCC[C@@H](CC)COc1ccc(N)cc1. The average molecular weight is 221 g/mol. The third-order valence-corrected chi connectivity index (χ3v) is 2.91. The number of unbranched alkanes of at least 4 members (excludes halogenated alkanes) is 1. The number of benzene rings is 1. The van der Waals surface area contributed by atoms with Crippen LogP contribution in [0.1, 0.15) is 39.5 Å². The summed E-state index contributed by atoms with van der Waals surface area (Å²) in [4.78, 5) is 0. The highest BCUT2D eigenvalue weighted by atomic mass is 16.5. The van der Waals surface area contributed by atoms with Gasteiger partial charge in [0.25, 0.3) is 0 Å². The van der Waals surface area contributed by atoms with Crippen LogP contribution in [0.3, 0.4) is 0 Å². The number of rotatable bonds is 7. The molecule has 0 aliphatic carbocycles. The molecule has 0 saturated heterocycles. The minimum Gasteiger partial charge on any atom is -0.493 e. The lowest BCUT2D eigenvalue weighted by Crippen LogP contribution is -2.11. The normalized spacial score (nSPS) is 12.4. The van der Waals surface area contributed by atoms with Gasteiger partial charge in [-0.25, -0.2) is 0 Å². The van der Waals surface area contributed by atoms with Crippen molar-refractivity contribution in [3.8, 4) is 5.75 Å². The van der Waals surface area contributed by atoms with Gasteiger partial charge >= 0.3 is 0 Å². The molecule has 0 heterocycles. The quantitative estimate of drug-likeness (QED) is 0.709. The van der Waals surface area contributed by atoms with Crippen LogP contribution in [-0.4, -0.2) is 6.61 Å². The van der Waals surface area contributed by atoms with E-state index in [-0.39, 0.29) is 0 Å². The second kappa shape index (κ2) is 7.15. The first-order valence-electron chi connectivity index (χ1n) is 6.24. The van der Waals surface area contributed by atoms with Gasteiger partial charge in [-0.15, -0.1) is 0 Å². The molecule has 0 fully saturated rings. The van der Waals surface area contributed by atoms with Gasteiger partial charge in [0, 0.05) is 5.69 Å². The zero-order valence-electron chi connectivity index (χ0n) is 10.4. The third-order valence-electron chi connectivity index (χ3n) is 2.91. The molecule has 0 aliphatic heterocycles. The summed E-state index contributed by atoms with van der Waals surface area (Å²) in [6.07, 6.45) is 5.01. The van der Waals surface area contributed by atoms with Crippen LogP contribution < -0.4 is 10.5 Å². The maximum absolute atomic E-state index is 5.76. The lowest BCUT2D eigenvalue weighted by molar-refractivity contribution is 0.233. The predicted octanol–water partition coefficient (Wildman–Crippen LogP) is 3.86. The molecule has 2 heteroatoms. The lowest BCUT2D eigenvalue weighted by atomic mass is 10.0. The van der Waals surface area contributed by atoms with Crippen LogP contribution in [0.25, 0.3) is 0 Å². The molecule has 1 atom stereocenters. The summed E-state index contributed by atoms with van der Waals surface area (Å²) in [5, 5.41) is 0. The first-order valence-corrected chi connectivity index (χ1v) is 6.24. The van der Waals surface area contributed by atoms with Gasteiger partial charge in [0.1, 0.15) is 5.75 Å². The molecule has 0 bridgehead atoms. The fraction of sp³-hybridized carbons (Fsp3) is 0.571. The van der Waals surface area contributed by atoms with Crippen molar-refractivity contribution in [2.45, 2.75) is 39.5 Å². The molecular formula is C14H23NO. The summed E-state index contributed by atoms with van der Waals surface area (Å²) in [6, 6.07) is 7.62. The minimum atomic E-state index is 0.678. The van der Waals surface area contributed by atoms with Gasteiger partial charge in [0.05, 0.1) is 6.61 Å². The van der Waals surface area contributed by atoms with Crippen LogP contribution >= 0.6 is 0 Å². The van der Waals surface area contributed by atoms with Gasteiger partial charge in [-0.1, -0.05) is 33.1 Å². The van der Waals surface area contributed by atoms with Crippen LogP contribution in [0.15, 0.2) is 24.3 Å². The van der Waals surface area contributed by atoms with Crippen LogP contribution in [0.5, 0.6) is 5.75 Å². The number of ether oxygens (including phenoxy) is 1. The molecule has 2 nitrogen and oxygen atoms in total. The summed E-state index contributed by atoms with van der Waals surface area (Å²) in [5.41, 5.74) is 6.40. The summed E-state index contributed by atoms with van der Waals surface area (Å²) < 4.78 is 5.76. The van der Waals surface area contributed by atoms with Crippen molar-refractivity contribution in [2.75, 3.05) is 12.3 Å². The second-order valence-corrected chi connectivity index (χ2v) is 4.30. The number of hydrogen-bond donors (Lipinski definition) is 1. The van der Waals surface area contributed by atoms with Gasteiger partial charge in [-0.2, -0.15) is 0 Å². The molecule has 0 amide bonds. The molecule has 0 spiro atoms. The van der Waals surface area contributed by atoms with Crippen molar-refractivity contribution in [3.05, 3.63) is 24.3 Å². The standard InChI is InChI=1S/C14H23NO/c1-3-5-6-12(4-2)11-16-14-9-7-13(15)8-10-14/h7-10,12H,3-6,11,15H2,1-2H3/t12-/m1/s1. The molecule has 0 aromatic heterocycles. The largest absolute Gasteiger partial charge is 0.493 e. The van der Waals surface area contributed by atoms with Crippen molar-refractivity contribution in [3.63, 3.8) is 0 Å². The maximum atomic E-state index is 5.76. The Morgan fingerprint density at radius 1 is 1.19 bits per heavy atom. The van der Waals surface area contributed by atoms with Crippen molar-refractivity contribution in [1.82, 2.24) is 0 Å². The Hall–Kier alpha value is -1.18. The van der Waals surface area contributed by atoms with E-state index in [1.807, 2.05) is 24.3 Å². The van der Waals surface area contributed by atoms with Crippen molar-refractivity contribution >= 4 is 5.69 Å². The molecule has 1 rings (SSSR count). The number of nitrogen functional groups attached to an aromatic ring is 1. The fourth-order valence-corrected chi connectivity index (χ4v) is 1.68. The van der Waals surface area contributed by atoms with Crippen LogP contribution in [0.2, 0.25) is 0 Å². The van der Waals surface area contributed by atoms with E-state index in [0.29, 0.717) is 5.92 Å². The Labute approximate surface area is 98.8 Å². The van der Waals surface area contributed by atoms with Crippen molar-refractivity contribution < 1.29 is 4.74 Å². The van der Waals surface area contributed by atoms with Crippen LogP contribution in [0.4, 0.5) is 5.69 Å². The highest BCUT2D eigenvalue weighted by Crippen LogP contribution is 2.17. The third kappa shape index (κ3) is 4.56. The Balaban J connectivity index is 2.34. The minimum absolute atomic E-state index is 0.678. The summed E-state index contributed by atoms with van der Waals surface area (Å²) in [5.74, 6) is 1.60. The van der Waals surface area contributed by atoms with E-state index in [0.717, 1.165) is 18.0 Å². The Kier molecular flexibility index (Phi) is 5.76. The Bertz CT molecular complexity index is 281. The van der Waals surface area contributed by atoms with E-state index in [1.165, 1.54) is 25.7 Å². The van der Waals surface area contributed by atoms with E-state index in [1.54, 1.807) is 0 Å². The monoisotopic (exact) mass is 221 g/mol. The summed E-state index contributed by atoms with van der Waals surface area (Å²) in [7, 11) is 0. The summed E-state index contributed by atoms with van der Waals surface area (Å²) in [6.45, 7) is 5.28. The first-order chi connectivity index (χ1) is 7.76. The van der Waals surface area contributed by atoms with E-state index in [9.17, 15) is 0 Å². The molecule has 0 saturated carbocycles. The molecule has 90 valence electrons. The van der Waals surface area contributed by atoms with Gasteiger partial charge < -0.3 is 10.5 Å². The second-order valence-electron chi connectivity index (χ2n) is 4.30. The van der Waals surface area contributed by atoms with Gasteiger partial charge in [-0.3, -0.25) is 0 Å². The lowest BCUT2D eigenvalue weighted by Gasteiger charge is -2.15. The van der Waals surface area contributed by atoms with E-state index in [2.05, 4.69) is 13.8 Å². The number of anilines is 1. The van der Waals surface area contributed by atoms with E-state index < -0.39 is 0 Å². The Morgan fingerprint density at radius 3 is 2.44 bits per heavy atom. The highest BCUT2D eigenvalue weighted by molar-refractivity contribution is 5.41. The highest BCUT2D eigenvalue weighted by Gasteiger charge is 2.06. The topological polar surface area (TPSA) is 35.2 Å². The zero-order chi connectivity index (χ0) is 11.8. The van der Waals surface area contributed by atoms with Crippen molar-refractivity contribution in [2.24, 2.45) is 5.92 Å². The van der Waals surface area contributed by atoms with Gasteiger partial charge in [0.2, 0.25) is 0 Å². The van der Waals surface area contributed by atoms with Crippen LogP contribution in [0, 0.1) is 5.92 Å². The van der Waals surface area contributed by atoms with Crippen LogP contribution in [-0.2, 0) is 0 Å². The van der Waals surface area contributed by atoms with E-state index >= 15 is 0 Å². The molecular weight excluding hydrogens is 198 g/mol. The zero-order valence-corrected chi connectivity index (χ0v) is 10.4. The maximum Gasteiger partial charge on any atom is 0.119 e. The van der Waals surface area contributed by atoms with Gasteiger partial charge in [0.15, 0.2) is 0 Å². The number of nitrogens with two attached hydrogens (primary N) is 1. The average Bonchev–Trinajstić information content (AvgIpc) is 2.32. The molecule has 16 heavy (non-hydrogen) atoms. The predicted molar refractivity (Wildman–Crippen MR) is 69.7 cm³/mol. The van der Waals surface area contributed by atoms with Crippen molar-refractivity contribution in [1.29, 1.82) is 0 Å². The molecule has 1 aromatic carbocycles. The number of hydrogen-bond acceptors (Lipinski definition) is 2. The fourth-order valence-electron chi connectivity index (χ4n) is 1.68. The Morgan fingerprint density at radius 2 is 1.88 bits per heavy atom. The summed E-state index contributed by atoms with van der Waals surface area (Å²) >= 11 is 0. The van der Waals surface area contributed by atoms with Gasteiger partial charge in [-0.05, 0) is 36.6 Å². The first kappa shape index (κ1) is 12.9. The molecule has 1 aromatic rings. The smallest absolute Gasteiger partial charge is 0.119 e. The molecule has 0 aliphatic rings. The molecule has 2 N–H and O–H groups in total. The molecule has 0 unspecified atom stereocenters. The van der Waals surface area contributed by atoms with E-state index in [4.69, 9.17) is 10.5 Å².